The third-order valence-electron chi connectivity index (χ3n) is 4.33. The van der Waals surface area contributed by atoms with Crippen LogP contribution in [0.5, 0.6) is 0 Å². The van der Waals surface area contributed by atoms with Crippen molar-refractivity contribution < 1.29 is 22.4 Å². The standard InChI is InChI=1S/C20H15F3N2O2S/c21-20(22,23)15-7-5-13(6-8-15)12-28-19-24-9-10-25(19)18(26)17-11-14-3-1-2-4-16(14)27-17/h1-8,11H,9-10,12H2. The molecule has 1 aliphatic heterocycles. The van der Waals surface area contributed by atoms with Gasteiger partial charge in [-0.3, -0.25) is 14.7 Å². The Kier molecular flexibility index (Phi) is 4.89. The van der Waals surface area contributed by atoms with Gasteiger partial charge in [-0.2, -0.15) is 13.2 Å². The zero-order valence-electron chi connectivity index (χ0n) is 14.6. The molecule has 0 saturated carbocycles. The first-order chi connectivity index (χ1) is 13.4. The molecular formula is C20H15F3N2O2S. The van der Waals surface area contributed by atoms with E-state index in [0.29, 0.717) is 29.6 Å². The SMILES string of the molecule is O=C(c1cc2ccccc2o1)N1CCN=C1SCc1ccc(C(F)(F)F)cc1. The van der Waals surface area contributed by atoms with Gasteiger partial charge in [-0.25, -0.2) is 0 Å². The summed E-state index contributed by atoms with van der Waals surface area (Å²) in [5, 5.41) is 1.39. The summed E-state index contributed by atoms with van der Waals surface area (Å²) < 4.78 is 43.6. The summed E-state index contributed by atoms with van der Waals surface area (Å²) in [4.78, 5) is 18.7. The van der Waals surface area contributed by atoms with Crippen molar-refractivity contribution in [1.82, 2.24) is 4.90 Å². The zero-order valence-corrected chi connectivity index (χ0v) is 15.4. The number of para-hydroxylation sites is 1. The molecular weight excluding hydrogens is 389 g/mol. The van der Waals surface area contributed by atoms with Gasteiger partial charge >= 0.3 is 6.18 Å². The molecule has 0 aliphatic carbocycles. The number of fused-ring (bicyclic) bond motifs is 1. The summed E-state index contributed by atoms with van der Waals surface area (Å²) in [6.07, 6.45) is -4.35. The van der Waals surface area contributed by atoms with Gasteiger partial charge in [-0.15, -0.1) is 0 Å². The average molecular weight is 404 g/mol. The van der Waals surface area contributed by atoms with Crippen LogP contribution >= 0.6 is 11.8 Å². The number of aliphatic imine (C=N–C) groups is 1. The number of hydrogen-bond acceptors (Lipinski definition) is 4. The van der Waals surface area contributed by atoms with Gasteiger partial charge in [0.05, 0.1) is 12.1 Å². The fourth-order valence-electron chi connectivity index (χ4n) is 2.90. The number of amides is 1. The number of nitrogens with zero attached hydrogens (tertiary/aromatic N) is 2. The van der Waals surface area contributed by atoms with Crippen molar-refractivity contribution >= 4 is 33.8 Å². The number of alkyl halides is 3. The monoisotopic (exact) mass is 404 g/mol. The lowest BCUT2D eigenvalue weighted by atomic mass is 10.1. The van der Waals surface area contributed by atoms with Gasteiger partial charge in [0.1, 0.15) is 5.58 Å². The lowest BCUT2D eigenvalue weighted by Crippen LogP contribution is -2.32. The lowest BCUT2D eigenvalue weighted by molar-refractivity contribution is -0.137. The van der Waals surface area contributed by atoms with E-state index in [2.05, 4.69) is 4.99 Å². The van der Waals surface area contributed by atoms with Crippen LogP contribution in [0.4, 0.5) is 13.2 Å². The number of amidine groups is 1. The minimum atomic E-state index is -4.35. The van der Waals surface area contributed by atoms with Crippen molar-refractivity contribution in [1.29, 1.82) is 0 Å². The minimum absolute atomic E-state index is 0.242. The third-order valence-corrected chi connectivity index (χ3v) is 5.42. The van der Waals surface area contributed by atoms with E-state index >= 15 is 0 Å². The second-order valence-electron chi connectivity index (χ2n) is 6.25. The Morgan fingerprint density at radius 2 is 1.89 bits per heavy atom. The molecule has 0 fully saturated rings. The van der Waals surface area contributed by atoms with Crippen LogP contribution in [-0.4, -0.2) is 29.1 Å². The van der Waals surface area contributed by atoms with Gasteiger partial charge in [-0.05, 0) is 29.8 Å². The molecule has 0 N–H and O–H groups in total. The van der Waals surface area contributed by atoms with Gasteiger partial charge in [-0.1, -0.05) is 42.1 Å². The van der Waals surface area contributed by atoms with Crippen LogP contribution in [0.1, 0.15) is 21.7 Å². The van der Waals surface area contributed by atoms with E-state index in [9.17, 15) is 18.0 Å². The summed E-state index contributed by atoms with van der Waals surface area (Å²) in [5.41, 5.74) is 0.686. The highest BCUT2D eigenvalue weighted by molar-refractivity contribution is 8.13. The number of benzene rings is 2. The summed E-state index contributed by atoms with van der Waals surface area (Å²) in [6.45, 7) is 0.937. The Morgan fingerprint density at radius 3 is 2.61 bits per heavy atom. The number of carbonyl (C=O) groups is 1. The van der Waals surface area contributed by atoms with Crippen LogP contribution in [0, 0.1) is 0 Å². The lowest BCUT2D eigenvalue weighted by Gasteiger charge is -2.16. The van der Waals surface area contributed by atoms with Crippen LogP contribution in [0.25, 0.3) is 11.0 Å². The first-order valence-electron chi connectivity index (χ1n) is 8.56. The topological polar surface area (TPSA) is 45.8 Å². The molecule has 3 aromatic rings. The molecule has 0 spiro atoms. The maximum Gasteiger partial charge on any atom is 0.416 e. The number of thioether (sulfide) groups is 1. The Balaban J connectivity index is 1.44. The maximum atomic E-state index is 12.8. The van der Waals surface area contributed by atoms with Crippen molar-refractivity contribution in [3.05, 3.63) is 71.5 Å². The Bertz CT molecular complexity index is 1010. The van der Waals surface area contributed by atoms with E-state index in [1.54, 1.807) is 17.0 Å². The number of halogens is 3. The van der Waals surface area contributed by atoms with Crippen molar-refractivity contribution in [3.8, 4) is 0 Å². The van der Waals surface area contributed by atoms with Crippen LogP contribution in [0.15, 0.2) is 64.0 Å². The molecule has 1 amide bonds. The predicted molar refractivity (Wildman–Crippen MR) is 102 cm³/mol. The summed E-state index contributed by atoms with van der Waals surface area (Å²) >= 11 is 1.32. The summed E-state index contributed by atoms with van der Waals surface area (Å²) in [6, 6.07) is 14.1. The predicted octanol–water partition coefficient (Wildman–Crippen LogP) is 5.20. The zero-order chi connectivity index (χ0) is 19.7. The van der Waals surface area contributed by atoms with Crippen LogP contribution in [-0.2, 0) is 11.9 Å². The molecule has 0 bridgehead atoms. The molecule has 0 atom stereocenters. The fourth-order valence-corrected chi connectivity index (χ4v) is 3.90. The number of hydrogen-bond donors (Lipinski definition) is 0. The number of rotatable bonds is 3. The van der Waals surface area contributed by atoms with Crippen molar-refractivity contribution in [2.45, 2.75) is 11.9 Å². The molecule has 28 heavy (non-hydrogen) atoms. The molecule has 1 aromatic heterocycles. The van der Waals surface area contributed by atoms with Crippen molar-refractivity contribution in [3.63, 3.8) is 0 Å². The average Bonchev–Trinajstić information content (AvgIpc) is 3.32. The van der Waals surface area contributed by atoms with Crippen molar-refractivity contribution in [2.24, 2.45) is 4.99 Å². The summed E-state index contributed by atoms with van der Waals surface area (Å²) in [5.74, 6) is 0.388. The van der Waals surface area contributed by atoms with Gasteiger partial charge < -0.3 is 4.42 Å². The van der Waals surface area contributed by atoms with Crippen LogP contribution in [0.3, 0.4) is 0 Å². The highest BCUT2D eigenvalue weighted by atomic mass is 32.2. The fraction of sp³-hybridized carbons (Fsp3) is 0.200. The number of carbonyl (C=O) groups excluding carboxylic acids is 1. The third kappa shape index (κ3) is 3.77. The Hall–Kier alpha value is -2.74. The highest BCUT2D eigenvalue weighted by Crippen LogP contribution is 2.30. The van der Waals surface area contributed by atoms with Crippen LogP contribution in [0.2, 0.25) is 0 Å². The van der Waals surface area contributed by atoms with E-state index in [1.165, 1.54) is 23.9 Å². The van der Waals surface area contributed by atoms with Crippen molar-refractivity contribution in [2.75, 3.05) is 13.1 Å². The second-order valence-corrected chi connectivity index (χ2v) is 7.20. The molecule has 8 heteroatoms. The Morgan fingerprint density at radius 1 is 1.14 bits per heavy atom. The van der Waals surface area contributed by atoms with E-state index in [-0.39, 0.29) is 11.7 Å². The van der Waals surface area contributed by atoms with E-state index in [4.69, 9.17) is 4.42 Å². The van der Waals surface area contributed by atoms with Gasteiger partial charge in [0, 0.05) is 17.7 Å². The first kappa shape index (κ1) is 18.6. The largest absolute Gasteiger partial charge is 0.451 e. The molecule has 0 radical (unpaired) electrons. The molecule has 2 heterocycles. The second kappa shape index (κ2) is 7.35. The molecule has 4 nitrogen and oxygen atoms in total. The van der Waals surface area contributed by atoms with E-state index in [1.807, 2.05) is 18.2 Å². The van der Waals surface area contributed by atoms with E-state index in [0.717, 1.165) is 23.1 Å². The first-order valence-corrected chi connectivity index (χ1v) is 9.54. The normalized spacial score (nSPS) is 14.5. The molecule has 1 aliphatic rings. The maximum absolute atomic E-state index is 12.8. The Labute approximate surface area is 163 Å². The minimum Gasteiger partial charge on any atom is -0.451 e. The van der Waals surface area contributed by atoms with Gasteiger partial charge in [0.25, 0.3) is 5.91 Å². The number of furan rings is 1. The van der Waals surface area contributed by atoms with E-state index < -0.39 is 11.7 Å². The quantitative estimate of drug-likeness (QED) is 0.603. The molecule has 2 aromatic carbocycles. The van der Waals surface area contributed by atoms with Gasteiger partial charge in [0.2, 0.25) is 0 Å². The highest BCUT2D eigenvalue weighted by Gasteiger charge is 2.30. The van der Waals surface area contributed by atoms with Crippen LogP contribution < -0.4 is 0 Å². The van der Waals surface area contributed by atoms with Gasteiger partial charge in [0.15, 0.2) is 10.9 Å². The molecule has 4 rings (SSSR count). The molecule has 0 saturated heterocycles. The molecule has 144 valence electrons. The smallest absolute Gasteiger partial charge is 0.416 e. The molecule has 0 unspecified atom stereocenters. The summed E-state index contributed by atoms with van der Waals surface area (Å²) in [7, 11) is 0.